The number of nitrogens with zero attached hydrogens (tertiary/aromatic N) is 2. The normalized spacial score (nSPS) is 12.7. The van der Waals surface area contributed by atoms with Gasteiger partial charge in [0.25, 0.3) is 0 Å². The number of rotatable bonds is 6. The molecule has 4 heteroatoms. The average molecular weight is 225 g/mol. The molecule has 0 aliphatic rings. The summed E-state index contributed by atoms with van der Waals surface area (Å²) in [7, 11) is 0. The van der Waals surface area contributed by atoms with E-state index in [9.17, 15) is 0 Å². The first-order chi connectivity index (χ1) is 7.20. The van der Waals surface area contributed by atoms with Crippen LogP contribution in [-0.4, -0.2) is 16.1 Å². The zero-order valence-electron chi connectivity index (χ0n) is 9.71. The molecule has 0 aromatic carbocycles. The van der Waals surface area contributed by atoms with Crippen LogP contribution >= 0.6 is 11.5 Å². The first-order valence-electron chi connectivity index (χ1n) is 5.40. The van der Waals surface area contributed by atoms with Crippen molar-refractivity contribution >= 4 is 11.5 Å². The van der Waals surface area contributed by atoms with Gasteiger partial charge in [-0.25, -0.2) is 0 Å². The average Bonchev–Trinajstić information content (AvgIpc) is 2.66. The minimum atomic E-state index is 0.222. The van der Waals surface area contributed by atoms with E-state index in [0.717, 1.165) is 30.7 Å². The predicted octanol–water partition coefficient (Wildman–Crippen LogP) is 2.72. The molecular weight excluding hydrogens is 206 g/mol. The lowest BCUT2D eigenvalue weighted by molar-refractivity contribution is 0.593. The van der Waals surface area contributed by atoms with E-state index in [0.29, 0.717) is 0 Å². The Hall–Kier alpha value is -0.740. The zero-order chi connectivity index (χ0) is 11.3. The summed E-state index contributed by atoms with van der Waals surface area (Å²) in [5.41, 5.74) is 2.22. The van der Waals surface area contributed by atoms with Crippen molar-refractivity contribution in [2.45, 2.75) is 39.7 Å². The molecule has 0 saturated heterocycles. The van der Waals surface area contributed by atoms with Crippen molar-refractivity contribution < 1.29 is 0 Å². The molecule has 1 aromatic heterocycles. The van der Waals surface area contributed by atoms with Crippen LogP contribution < -0.4 is 5.32 Å². The van der Waals surface area contributed by atoms with Crippen molar-refractivity contribution in [1.82, 2.24) is 14.9 Å². The fraction of sp³-hybridized carbons (Fsp3) is 0.636. The minimum Gasteiger partial charge on any atom is -0.306 e. The van der Waals surface area contributed by atoms with Crippen LogP contribution in [0.4, 0.5) is 0 Å². The zero-order valence-corrected chi connectivity index (χ0v) is 10.5. The lowest BCUT2D eigenvalue weighted by Gasteiger charge is -2.17. The number of nitrogens with one attached hydrogen (secondary N) is 1. The van der Waals surface area contributed by atoms with Crippen LogP contribution in [0.2, 0.25) is 0 Å². The van der Waals surface area contributed by atoms with Gasteiger partial charge in [-0.2, -0.15) is 0 Å². The monoisotopic (exact) mass is 225 g/mol. The van der Waals surface area contributed by atoms with Crippen LogP contribution in [0.1, 0.15) is 43.8 Å². The molecule has 1 heterocycles. The van der Waals surface area contributed by atoms with Crippen LogP contribution in [0.3, 0.4) is 0 Å². The standard InChI is InChI=1S/C11H19N3S/c1-5-7-12-10(8(3)4)11-9(6-2)13-14-15-11/h10,12H,3,5-7H2,1-2,4H3. The molecule has 1 atom stereocenters. The number of aromatic nitrogens is 2. The topological polar surface area (TPSA) is 37.8 Å². The van der Waals surface area contributed by atoms with Gasteiger partial charge >= 0.3 is 0 Å². The highest BCUT2D eigenvalue weighted by atomic mass is 32.1. The Morgan fingerprint density at radius 1 is 1.53 bits per heavy atom. The molecule has 1 unspecified atom stereocenters. The summed E-state index contributed by atoms with van der Waals surface area (Å²) in [6.45, 7) is 11.3. The maximum Gasteiger partial charge on any atom is 0.0804 e. The smallest absolute Gasteiger partial charge is 0.0804 e. The molecule has 0 aliphatic carbocycles. The first-order valence-corrected chi connectivity index (χ1v) is 6.17. The Labute approximate surface area is 95.8 Å². The van der Waals surface area contributed by atoms with Gasteiger partial charge in [0, 0.05) is 0 Å². The molecule has 3 nitrogen and oxygen atoms in total. The SMILES string of the molecule is C=C(C)C(NCCC)c1snnc1CC. The van der Waals surface area contributed by atoms with Gasteiger partial charge in [0.05, 0.1) is 16.6 Å². The van der Waals surface area contributed by atoms with Gasteiger partial charge in [0.2, 0.25) is 0 Å². The Morgan fingerprint density at radius 2 is 2.27 bits per heavy atom. The molecule has 0 fully saturated rings. The number of aryl methyl sites for hydroxylation is 1. The molecular formula is C11H19N3S. The van der Waals surface area contributed by atoms with Crippen molar-refractivity contribution in [2.75, 3.05) is 6.54 Å². The van der Waals surface area contributed by atoms with Crippen LogP contribution in [0, 0.1) is 0 Å². The largest absolute Gasteiger partial charge is 0.306 e. The van der Waals surface area contributed by atoms with E-state index in [4.69, 9.17) is 0 Å². The van der Waals surface area contributed by atoms with Crippen molar-refractivity contribution in [2.24, 2.45) is 0 Å². The summed E-state index contributed by atoms with van der Waals surface area (Å²) in [6, 6.07) is 0.222. The Bertz CT molecular complexity index is 319. The molecule has 15 heavy (non-hydrogen) atoms. The van der Waals surface area contributed by atoms with Crippen molar-refractivity contribution in [3.05, 3.63) is 22.7 Å². The van der Waals surface area contributed by atoms with Gasteiger partial charge in [-0.05, 0) is 37.8 Å². The Morgan fingerprint density at radius 3 is 2.80 bits per heavy atom. The van der Waals surface area contributed by atoms with Gasteiger partial charge in [0.1, 0.15) is 0 Å². The van der Waals surface area contributed by atoms with E-state index in [1.54, 1.807) is 0 Å². The molecule has 0 saturated carbocycles. The summed E-state index contributed by atoms with van der Waals surface area (Å²) in [5, 5.41) is 7.61. The van der Waals surface area contributed by atoms with Gasteiger partial charge in [0.15, 0.2) is 0 Å². The first kappa shape index (κ1) is 12.3. The molecule has 1 rings (SSSR count). The van der Waals surface area contributed by atoms with Crippen molar-refractivity contribution in [3.63, 3.8) is 0 Å². The van der Waals surface area contributed by atoms with E-state index in [1.165, 1.54) is 16.4 Å². The van der Waals surface area contributed by atoms with Gasteiger partial charge in [-0.15, -0.1) is 5.10 Å². The van der Waals surface area contributed by atoms with Crippen LogP contribution in [0.25, 0.3) is 0 Å². The lowest BCUT2D eigenvalue weighted by atomic mass is 10.1. The summed E-state index contributed by atoms with van der Waals surface area (Å²) in [5.74, 6) is 0. The number of hydrogen-bond donors (Lipinski definition) is 1. The molecule has 0 radical (unpaired) electrons. The highest BCUT2D eigenvalue weighted by molar-refractivity contribution is 7.05. The second-order valence-electron chi connectivity index (χ2n) is 3.67. The summed E-state index contributed by atoms with van der Waals surface area (Å²) in [4.78, 5) is 1.22. The third-order valence-corrected chi connectivity index (χ3v) is 3.10. The van der Waals surface area contributed by atoms with E-state index in [1.807, 2.05) is 6.92 Å². The molecule has 0 spiro atoms. The summed E-state index contributed by atoms with van der Waals surface area (Å²) >= 11 is 1.48. The molecule has 0 amide bonds. The van der Waals surface area contributed by atoms with Gasteiger partial charge in [-0.3, -0.25) is 0 Å². The third kappa shape index (κ3) is 3.11. The molecule has 84 valence electrons. The maximum atomic E-state index is 4.13. The molecule has 0 bridgehead atoms. The van der Waals surface area contributed by atoms with Gasteiger partial charge < -0.3 is 5.32 Å². The molecule has 0 aliphatic heterocycles. The van der Waals surface area contributed by atoms with Crippen LogP contribution in [0.15, 0.2) is 12.2 Å². The van der Waals surface area contributed by atoms with E-state index in [-0.39, 0.29) is 6.04 Å². The van der Waals surface area contributed by atoms with Gasteiger partial charge in [-0.1, -0.05) is 30.5 Å². The second kappa shape index (κ2) is 5.98. The highest BCUT2D eigenvalue weighted by Crippen LogP contribution is 2.25. The lowest BCUT2D eigenvalue weighted by Crippen LogP contribution is -2.22. The van der Waals surface area contributed by atoms with E-state index in [2.05, 4.69) is 35.3 Å². The fourth-order valence-corrected chi connectivity index (χ4v) is 2.37. The minimum absolute atomic E-state index is 0.222. The van der Waals surface area contributed by atoms with Crippen LogP contribution in [-0.2, 0) is 6.42 Å². The second-order valence-corrected chi connectivity index (χ2v) is 4.46. The molecule has 1 N–H and O–H groups in total. The third-order valence-electron chi connectivity index (χ3n) is 2.27. The molecule has 1 aromatic rings. The quantitative estimate of drug-likeness (QED) is 0.756. The van der Waals surface area contributed by atoms with Crippen molar-refractivity contribution in [1.29, 1.82) is 0 Å². The predicted molar refractivity (Wildman–Crippen MR) is 65.1 cm³/mol. The maximum absolute atomic E-state index is 4.13. The van der Waals surface area contributed by atoms with E-state index >= 15 is 0 Å². The van der Waals surface area contributed by atoms with Crippen molar-refractivity contribution in [3.8, 4) is 0 Å². The summed E-state index contributed by atoms with van der Waals surface area (Å²) < 4.78 is 4.01. The van der Waals surface area contributed by atoms with Crippen LogP contribution in [0.5, 0.6) is 0 Å². The highest BCUT2D eigenvalue weighted by Gasteiger charge is 2.18. The number of hydrogen-bond acceptors (Lipinski definition) is 4. The Balaban J connectivity index is 2.83. The summed E-state index contributed by atoms with van der Waals surface area (Å²) in [6.07, 6.45) is 2.06. The van der Waals surface area contributed by atoms with E-state index < -0.39 is 0 Å². The Kier molecular flexibility index (Phi) is 4.91. The fourth-order valence-electron chi connectivity index (χ4n) is 1.46.